The minimum absolute atomic E-state index is 0.0102. The number of cyclic esters (lactones) is 1. The summed E-state index contributed by atoms with van der Waals surface area (Å²) < 4.78 is 21.5. The number of hydrogen-bond acceptors (Lipinski definition) is 13. The monoisotopic (exact) mass is 972 g/mol. The van der Waals surface area contributed by atoms with Gasteiger partial charge in [0, 0.05) is 85.3 Å². The predicted molar refractivity (Wildman–Crippen MR) is 255 cm³/mol. The van der Waals surface area contributed by atoms with Crippen LogP contribution in [0.2, 0.25) is 0 Å². The van der Waals surface area contributed by atoms with Crippen LogP contribution in [-0.2, 0) is 68.4 Å². The number of thioether (sulfide) groups is 1. The van der Waals surface area contributed by atoms with Crippen molar-refractivity contribution in [3.63, 3.8) is 0 Å². The average Bonchev–Trinajstić information content (AvgIpc) is 3.84. The number of aliphatic hydroxyl groups is 1. The number of benzene rings is 1. The number of hydrogen-bond donors (Lipinski definition) is 4. The Balaban J connectivity index is 0.874. The van der Waals surface area contributed by atoms with E-state index in [1.165, 1.54) is 34.5 Å². The number of ketones is 2. The summed E-state index contributed by atoms with van der Waals surface area (Å²) in [4.78, 5) is 120. The molecule has 0 saturated carbocycles. The lowest BCUT2D eigenvalue weighted by Gasteiger charge is -2.31. The molecule has 0 saturated heterocycles. The molecule has 69 heavy (non-hydrogen) atoms. The third-order valence-electron chi connectivity index (χ3n) is 13.1. The van der Waals surface area contributed by atoms with E-state index in [0.717, 1.165) is 23.5 Å². The number of aromatic nitrogens is 2. The molecule has 5 heterocycles. The Morgan fingerprint density at radius 3 is 2.30 bits per heavy atom. The number of nitrogens with one attached hydrogen (secondary N) is 3. The summed E-state index contributed by atoms with van der Waals surface area (Å²) >= 11 is 1.51. The Morgan fingerprint density at radius 2 is 1.58 bits per heavy atom. The van der Waals surface area contributed by atoms with Crippen LogP contribution in [0.4, 0.5) is 4.39 Å². The molecule has 0 aliphatic carbocycles. The van der Waals surface area contributed by atoms with Crippen molar-refractivity contribution in [1.29, 1.82) is 0 Å². The van der Waals surface area contributed by atoms with E-state index < -0.39 is 46.7 Å². The van der Waals surface area contributed by atoms with Gasteiger partial charge in [-0.3, -0.25) is 43.3 Å². The third kappa shape index (κ3) is 12.2. The second-order valence-electron chi connectivity index (χ2n) is 18.2. The number of amides is 5. The normalized spacial score (nSPS) is 17.2. The molecule has 0 bridgehead atoms. The van der Waals surface area contributed by atoms with Crippen LogP contribution < -0.4 is 21.5 Å². The quantitative estimate of drug-likeness (QED) is 0.0306. The summed E-state index contributed by atoms with van der Waals surface area (Å²) in [7, 11) is 0. The van der Waals surface area contributed by atoms with E-state index in [9.17, 15) is 52.6 Å². The van der Waals surface area contributed by atoms with Crippen molar-refractivity contribution in [3.05, 3.63) is 74.3 Å². The van der Waals surface area contributed by atoms with E-state index in [1.807, 2.05) is 0 Å². The first-order chi connectivity index (χ1) is 32.8. The number of Topliss-reactive ketones (excluding diaryl/α,β-unsaturated/α-hetero) is 2. The number of unbranched alkanes of at least 4 members (excludes halogenated alkanes) is 4. The number of fused-ring (bicyclic) bond motifs is 5. The minimum Gasteiger partial charge on any atom is -0.458 e. The van der Waals surface area contributed by atoms with Crippen LogP contribution >= 0.6 is 11.8 Å². The van der Waals surface area contributed by atoms with Gasteiger partial charge in [-0.1, -0.05) is 33.6 Å². The number of nitrogens with zero attached hydrogens (tertiary/aromatic N) is 3. The fourth-order valence-corrected chi connectivity index (χ4v) is 9.56. The van der Waals surface area contributed by atoms with Gasteiger partial charge in [0.05, 0.1) is 40.9 Å². The second-order valence-corrected chi connectivity index (χ2v) is 19.3. The van der Waals surface area contributed by atoms with Gasteiger partial charge in [0.1, 0.15) is 18.2 Å². The molecular weight excluding hydrogens is 912 g/mol. The fraction of sp³-hybridized carbons (Fsp3) is 0.520. The summed E-state index contributed by atoms with van der Waals surface area (Å²) in [5.41, 5.74) is 0.815. The van der Waals surface area contributed by atoms with Crippen molar-refractivity contribution >= 4 is 69.7 Å². The van der Waals surface area contributed by atoms with Gasteiger partial charge in [-0.25, -0.2) is 14.2 Å². The molecule has 17 nitrogen and oxygen atoms in total. The van der Waals surface area contributed by atoms with Gasteiger partial charge in [0.25, 0.3) is 17.4 Å². The molecule has 3 aliphatic heterocycles. The Labute approximate surface area is 403 Å². The maximum atomic E-state index is 14.9. The molecule has 6 rings (SSSR count). The molecule has 0 spiro atoms. The van der Waals surface area contributed by atoms with Crippen molar-refractivity contribution in [2.24, 2.45) is 11.8 Å². The van der Waals surface area contributed by atoms with E-state index in [4.69, 9.17) is 9.72 Å². The van der Waals surface area contributed by atoms with Gasteiger partial charge in [-0.05, 0) is 75.0 Å². The van der Waals surface area contributed by atoms with Crippen LogP contribution in [-0.4, -0.2) is 90.8 Å². The topological polar surface area (TPSA) is 240 Å². The van der Waals surface area contributed by atoms with Crippen LogP contribution in [0.3, 0.4) is 0 Å². The standard InChI is InChI=1S/C50H61FN6O11S/c1-6-50(67)37-22-40-45-35(25-57(40)48(65)36(37)26-68-49(50)66)34(33-20-28(2)38(51)23-39(33)55-45)24-52-42(60)14-10-8-12-18-69-27-53-46(63)30(4)21-41(59)31(5)54-47(64)29(3)19-32(58)13-9-7-11-17-56-43(61)15-16-44(56)62/h15-16,20,22-23,29-31,67H,6-14,17-19,21,24-27H2,1-5H3,(H,52,60)(H,53,63)(H,54,64)/t29-,30-,31+,50+/m1/s1. The Morgan fingerprint density at radius 1 is 0.884 bits per heavy atom. The second kappa shape index (κ2) is 23.0. The Kier molecular flexibility index (Phi) is 17.4. The lowest BCUT2D eigenvalue weighted by atomic mass is 9.86. The molecule has 3 aliphatic rings. The van der Waals surface area contributed by atoms with Gasteiger partial charge in [-0.15, -0.1) is 11.8 Å². The van der Waals surface area contributed by atoms with E-state index in [0.29, 0.717) is 77.1 Å². The predicted octanol–water partition coefficient (Wildman–Crippen LogP) is 4.69. The molecule has 4 atom stereocenters. The highest BCUT2D eigenvalue weighted by Gasteiger charge is 2.45. The van der Waals surface area contributed by atoms with Crippen LogP contribution in [0.1, 0.15) is 126 Å². The number of carbonyl (C=O) groups is 8. The number of esters is 1. The first-order valence-electron chi connectivity index (χ1n) is 23.6. The lowest BCUT2D eigenvalue weighted by Crippen LogP contribution is -2.44. The van der Waals surface area contributed by atoms with Crippen molar-refractivity contribution in [1.82, 2.24) is 30.4 Å². The molecule has 4 N–H and O–H groups in total. The number of pyridine rings is 2. The molecule has 3 aromatic rings. The highest BCUT2D eigenvalue weighted by atomic mass is 32.2. The van der Waals surface area contributed by atoms with Crippen molar-refractivity contribution in [3.8, 4) is 11.4 Å². The van der Waals surface area contributed by atoms with Gasteiger partial charge in [0.15, 0.2) is 11.4 Å². The summed E-state index contributed by atoms with van der Waals surface area (Å²) in [5.74, 6) is -3.49. The summed E-state index contributed by atoms with van der Waals surface area (Å²) in [6, 6.07) is 3.75. The first-order valence-corrected chi connectivity index (χ1v) is 24.8. The number of imide groups is 1. The molecular formula is C50H61FN6O11S. The molecule has 5 amide bonds. The molecule has 0 radical (unpaired) electrons. The fourth-order valence-electron chi connectivity index (χ4n) is 8.77. The van der Waals surface area contributed by atoms with Crippen LogP contribution in [0, 0.1) is 24.6 Å². The highest BCUT2D eigenvalue weighted by molar-refractivity contribution is 7.99. The van der Waals surface area contributed by atoms with E-state index in [2.05, 4.69) is 16.0 Å². The van der Waals surface area contributed by atoms with E-state index in [-0.39, 0.29) is 98.1 Å². The van der Waals surface area contributed by atoms with Gasteiger partial charge in [0.2, 0.25) is 17.7 Å². The zero-order valence-electron chi connectivity index (χ0n) is 39.8. The zero-order valence-corrected chi connectivity index (χ0v) is 40.6. The number of aryl methyl sites for hydroxylation is 1. The van der Waals surface area contributed by atoms with Gasteiger partial charge in [-0.2, -0.15) is 0 Å². The number of rotatable bonds is 25. The van der Waals surface area contributed by atoms with Gasteiger partial charge >= 0.3 is 5.97 Å². The first kappa shape index (κ1) is 52.3. The highest BCUT2D eigenvalue weighted by Crippen LogP contribution is 2.40. The molecule has 2 aromatic heterocycles. The maximum Gasteiger partial charge on any atom is 0.343 e. The van der Waals surface area contributed by atoms with Crippen LogP contribution in [0.5, 0.6) is 0 Å². The number of carbonyl (C=O) groups excluding carboxylic acids is 8. The summed E-state index contributed by atoms with van der Waals surface area (Å²) in [6.45, 7) is 8.31. The van der Waals surface area contributed by atoms with Crippen LogP contribution in [0.15, 0.2) is 35.1 Å². The molecule has 1 aromatic carbocycles. The van der Waals surface area contributed by atoms with Crippen LogP contribution in [0.25, 0.3) is 22.3 Å². The third-order valence-corrected chi connectivity index (χ3v) is 14.0. The molecule has 0 unspecified atom stereocenters. The molecule has 0 fully saturated rings. The summed E-state index contributed by atoms with van der Waals surface area (Å²) in [6.07, 6.45) is 6.88. The molecule has 370 valence electrons. The average molecular weight is 973 g/mol. The lowest BCUT2D eigenvalue weighted by molar-refractivity contribution is -0.172. The summed E-state index contributed by atoms with van der Waals surface area (Å²) in [5, 5.41) is 20.4. The van der Waals surface area contributed by atoms with Gasteiger partial charge < -0.3 is 30.4 Å². The SMILES string of the molecule is CC[C@@]1(O)C(=O)OCc2c1cc1n(c2=O)Cc2c-1nc1cc(F)c(C)cc1c2CNC(=O)CCCCCSCNC(=O)[C@H](C)CC(=O)[C@H](C)NC(=O)[C@H](C)CC(=O)CCCCCN1C(=O)C=CC1=O. The Hall–Kier alpha value is -6.08. The van der Waals surface area contributed by atoms with Crippen molar-refractivity contribution in [2.45, 2.75) is 137 Å². The molecule has 19 heteroatoms. The van der Waals surface area contributed by atoms with Crippen molar-refractivity contribution in [2.75, 3.05) is 18.2 Å². The zero-order chi connectivity index (χ0) is 50.2. The van der Waals surface area contributed by atoms with E-state index >= 15 is 0 Å². The largest absolute Gasteiger partial charge is 0.458 e. The minimum atomic E-state index is -2.00. The number of ether oxygens (including phenoxy) is 1. The van der Waals surface area contributed by atoms with E-state index in [1.54, 1.807) is 46.8 Å². The smallest absolute Gasteiger partial charge is 0.343 e. The van der Waals surface area contributed by atoms with Crippen molar-refractivity contribution < 1.29 is 52.6 Å². The number of halogens is 1. The Bertz CT molecular complexity index is 2630. The maximum absolute atomic E-state index is 14.9.